The fraction of sp³-hybridized carbons (Fsp3) is 0.217. The molecule has 162 valence electrons. The van der Waals surface area contributed by atoms with Crippen LogP contribution in [0.1, 0.15) is 16.7 Å². The first-order chi connectivity index (χ1) is 14.9. The fourth-order valence-electron chi connectivity index (χ4n) is 3.36. The van der Waals surface area contributed by atoms with Crippen molar-refractivity contribution < 1.29 is 22.3 Å². The Balaban J connectivity index is 1.48. The Labute approximate surface area is 186 Å². The van der Waals surface area contributed by atoms with E-state index in [-0.39, 0.29) is 30.4 Å². The highest BCUT2D eigenvalue weighted by Crippen LogP contribution is 2.28. The van der Waals surface area contributed by atoms with Gasteiger partial charge < -0.3 is 9.47 Å². The summed E-state index contributed by atoms with van der Waals surface area (Å²) in [5.41, 5.74) is 2.54. The van der Waals surface area contributed by atoms with Crippen LogP contribution in [-0.4, -0.2) is 25.9 Å². The van der Waals surface area contributed by atoms with Crippen molar-refractivity contribution in [2.75, 3.05) is 13.2 Å². The maximum absolute atomic E-state index is 13.1. The third-order valence-corrected chi connectivity index (χ3v) is 7.03. The number of hydrogen-bond donors (Lipinski definition) is 0. The zero-order chi connectivity index (χ0) is 21.8. The molecule has 0 aromatic heterocycles. The summed E-state index contributed by atoms with van der Waals surface area (Å²) in [5, 5.41) is 0.369. The maximum Gasteiger partial charge on any atom is 0.243 e. The summed E-state index contributed by atoms with van der Waals surface area (Å²) < 4.78 is 52.1. The van der Waals surface area contributed by atoms with Gasteiger partial charge in [0.25, 0.3) is 0 Å². The zero-order valence-corrected chi connectivity index (χ0v) is 18.2. The molecule has 0 saturated carbocycles. The highest BCUT2D eigenvalue weighted by molar-refractivity contribution is 7.89. The lowest BCUT2D eigenvalue weighted by Gasteiger charge is -2.20. The van der Waals surface area contributed by atoms with E-state index in [0.717, 1.165) is 16.7 Å². The standard InChI is InChI=1S/C23H21ClFNO4S/c24-20-2-1-3-22(13-20)31(27,28)26-10-11-30-23-9-6-18(12-19(23)14-26)16-29-15-17-4-7-21(25)8-5-17/h1-9,12-13H,10-11,14-16H2. The summed E-state index contributed by atoms with van der Waals surface area (Å²) in [5.74, 6) is 0.373. The molecule has 0 spiro atoms. The molecule has 0 amide bonds. The van der Waals surface area contributed by atoms with Crippen LogP contribution in [0, 0.1) is 5.82 Å². The van der Waals surface area contributed by atoms with Crippen molar-refractivity contribution in [1.29, 1.82) is 0 Å². The first kappa shape index (κ1) is 21.8. The molecule has 1 aliphatic heterocycles. The number of rotatable bonds is 6. The molecular formula is C23H21ClFNO4S. The summed E-state index contributed by atoms with van der Waals surface area (Å²) >= 11 is 5.98. The highest BCUT2D eigenvalue weighted by atomic mass is 35.5. The first-order valence-corrected chi connectivity index (χ1v) is 11.6. The van der Waals surface area contributed by atoms with Crippen LogP contribution in [0.5, 0.6) is 5.75 Å². The normalized spacial score (nSPS) is 14.5. The molecule has 0 aliphatic carbocycles. The van der Waals surface area contributed by atoms with E-state index in [9.17, 15) is 12.8 Å². The van der Waals surface area contributed by atoms with E-state index >= 15 is 0 Å². The summed E-state index contributed by atoms with van der Waals surface area (Å²) in [6, 6.07) is 18.0. The topological polar surface area (TPSA) is 55.8 Å². The van der Waals surface area contributed by atoms with Gasteiger partial charge in [-0.1, -0.05) is 35.9 Å². The third-order valence-electron chi connectivity index (χ3n) is 4.95. The van der Waals surface area contributed by atoms with Crippen LogP contribution in [0.25, 0.3) is 0 Å². The second-order valence-electron chi connectivity index (χ2n) is 7.21. The molecule has 1 heterocycles. The molecule has 0 saturated heterocycles. The quantitative estimate of drug-likeness (QED) is 0.530. The molecule has 0 fully saturated rings. The molecule has 0 unspecified atom stereocenters. The van der Waals surface area contributed by atoms with Crippen molar-refractivity contribution >= 4 is 21.6 Å². The third kappa shape index (κ3) is 5.25. The predicted molar refractivity (Wildman–Crippen MR) is 116 cm³/mol. The lowest BCUT2D eigenvalue weighted by Crippen LogP contribution is -2.32. The van der Waals surface area contributed by atoms with Crippen molar-refractivity contribution in [1.82, 2.24) is 4.31 Å². The summed E-state index contributed by atoms with van der Waals surface area (Å²) in [6.45, 7) is 1.37. The number of hydrogen-bond acceptors (Lipinski definition) is 4. The maximum atomic E-state index is 13.1. The Morgan fingerprint density at radius 3 is 2.52 bits per heavy atom. The SMILES string of the molecule is O=S(=O)(c1cccc(Cl)c1)N1CCOc2ccc(COCc3ccc(F)cc3)cc2C1. The smallest absolute Gasteiger partial charge is 0.243 e. The minimum Gasteiger partial charge on any atom is -0.492 e. The Morgan fingerprint density at radius 2 is 1.74 bits per heavy atom. The summed E-state index contributed by atoms with van der Waals surface area (Å²) in [6.07, 6.45) is 0. The van der Waals surface area contributed by atoms with Crippen molar-refractivity contribution in [2.45, 2.75) is 24.7 Å². The van der Waals surface area contributed by atoms with Crippen LogP contribution in [0.15, 0.2) is 71.6 Å². The molecule has 4 rings (SSSR count). The number of nitrogens with zero attached hydrogens (tertiary/aromatic N) is 1. The highest BCUT2D eigenvalue weighted by Gasteiger charge is 2.28. The van der Waals surface area contributed by atoms with Gasteiger partial charge in [-0.2, -0.15) is 4.31 Å². The summed E-state index contributed by atoms with van der Waals surface area (Å²) in [4.78, 5) is 0.155. The van der Waals surface area contributed by atoms with Gasteiger partial charge in [0.2, 0.25) is 10.0 Å². The molecule has 0 radical (unpaired) electrons. The van der Waals surface area contributed by atoms with Gasteiger partial charge in [-0.15, -0.1) is 0 Å². The fourth-order valence-corrected chi connectivity index (χ4v) is 5.07. The van der Waals surface area contributed by atoms with Crippen molar-refractivity contribution in [3.05, 3.63) is 94.3 Å². The number of benzene rings is 3. The Kier molecular flexibility index (Phi) is 6.57. The van der Waals surface area contributed by atoms with Crippen LogP contribution < -0.4 is 4.74 Å². The number of sulfonamides is 1. The van der Waals surface area contributed by atoms with Gasteiger partial charge in [0.15, 0.2) is 0 Å². The Hall–Kier alpha value is -2.45. The molecule has 0 atom stereocenters. The second kappa shape index (κ2) is 9.36. The van der Waals surface area contributed by atoms with E-state index in [1.165, 1.54) is 28.6 Å². The monoisotopic (exact) mass is 461 g/mol. The minimum absolute atomic E-state index is 0.155. The second-order valence-corrected chi connectivity index (χ2v) is 9.58. The lowest BCUT2D eigenvalue weighted by atomic mass is 10.1. The molecule has 5 nitrogen and oxygen atoms in total. The Bertz CT molecular complexity index is 1170. The number of ether oxygens (including phenoxy) is 2. The largest absolute Gasteiger partial charge is 0.492 e. The van der Waals surface area contributed by atoms with E-state index in [0.29, 0.717) is 24.0 Å². The van der Waals surface area contributed by atoms with Crippen molar-refractivity contribution in [3.63, 3.8) is 0 Å². The van der Waals surface area contributed by atoms with Gasteiger partial charge >= 0.3 is 0 Å². The van der Waals surface area contributed by atoms with Crippen molar-refractivity contribution in [2.24, 2.45) is 0 Å². The Morgan fingerprint density at radius 1 is 1.00 bits per heavy atom. The molecule has 1 aliphatic rings. The number of halogens is 2. The first-order valence-electron chi connectivity index (χ1n) is 9.74. The van der Waals surface area contributed by atoms with Crippen molar-refractivity contribution in [3.8, 4) is 5.75 Å². The molecule has 3 aromatic carbocycles. The predicted octanol–water partition coefficient (Wildman–Crippen LogP) is 4.78. The van der Waals surface area contributed by atoms with E-state index in [4.69, 9.17) is 21.1 Å². The van der Waals surface area contributed by atoms with E-state index in [1.54, 1.807) is 24.3 Å². The van der Waals surface area contributed by atoms with Crippen LogP contribution in [0.3, 0.4) is 0 Å². The summed E-state index contributed by atoms with van der Waals surface area (Å²) in [7, 11) is -3.71. The van der Waals surface area contributed by atoms with Gasteiger partial charge in [0, 0.05) is 23.7 Å². The average molecular weight is 462 g/mol. The van der Waals surface area contributed by atoms with Gasteiger partial charge in [-0.3, -0.25) is 0 Å². The van der Waals surface area contributed by atoms with Gasteiger partial charge in [0.05, 0.1) is 18.1 Å². The van der Waals surface area contributed by atoms with Crippen LogP contribution in [0.2, 0.25) is 5.02 Å². The van der Waals surface area contributed by atoms with E-state index < -0.39 is 10.0 Å². The molecule has 0 N–H and O–H groups in total. The van der Waals surface area contributed by atoms with E-state index in [2.05, 4.69) is 0 Å². The zero-order valence-electron chi connectivity index (χ0n) is 16.6. The van der Waals surface area contributed by atoms with Gasteiger partial charge in [0.1, 0.15) is 18.2 Å². The molecule has 8 heteroatoms. The van der Waals surface area contributed by atoms with Gasteiger partial charge in [-0.25, -0.2) is 12.8 Å². The minimum atomic E-state index is -3.71. The number of fused-ring (bicyclic) bond motifs is 1. The molecular weight excluding hydrogens is 441 g/mol. The van der Waals surface area contributed by atoms with E-state index in [1.807, 2.05) is 18.2 Å². The van der Waals surface area contributed by atoms with Crippen LogP contribution in [-0.2, 0) is 34.5 Å². The van der Waals surface area contributed by atoms with Crippen LogP contribution >= 0.6 is 11.6 Å². The molecule has 0 bridgehead atoms. The molecule has 31 heavy (non-hydrogen) atoms. The van der Waals surface area contributed by atoms with Gasteiger partial charge in [-0.05, 0) is 53.6 Å². The molecule has 3 aromatic rings. The lowest BCUT2D eigenvalue weighted by molar-refractivity contribution is 0.107. The average Bonchev–Trinajstić information content (AvgIpc) is 2.98. The van der Waals surface area contributed by atoms with Crippen LogP contribution in [0.4, 0.5) is 4.39 Å².